The number of nitrogens with zero attached hydrogens (tertiary/aromatic N) is 2. The average molecular weight is 538 g/mol. The van der Waals surface area contributed by atoms with Crippen LogP contribution in [0.4, 0.5) is 13.2 Å². The van der Waals surface area contributed by atoms with E-state index in [1.165, 1.54) is 6.92 Å². The highest BCUT2D eigenvalue weighted by atomic mass is 35.5. The summed E-state index contributed by atoms with van der Waals surface area (Å²) in [5.74, 6) is -0.416. The molecule has 0 aliphatic heterocycles. The first kappa shape index (κ1) is 30.2. The number of ketones is 1. The molecule has 0 fully saturated rings. The summed E-state index contributed by atoms with van der Waals surface area (Å²) >= 11 is 6.37. The monoisotopic (exact) mass is 537 g/mol. The maximum atomic E-state index is 13.6. The number of ether oxygens (including phenoxy) is 1. The zero-order valence-electron chi connectivity index (χ0n) is 20.4. The predicted octanol–water partition coefficient (Wildman–Crippen LogP) is 6.77. The van der Waals surface area contributed by atoms with E-state index in [1.54, 1.807) is 24.3 Å². The maximum Gasteiger partial charge on any atom is 0.424 e. The van der Waals surface area contributed by atoms with Crippen molar-refractivity contribution in [1.82, 2.24) is 15.0 Å². The second-order valence-electron chi connectivity index (χ2n) is 8.73. The number of rotatable bonds is 9. The topological polar surface area (TPSA) is 84.9 Å². The standard InChI is InChI=1S/C26H27ClF3N3O3.CH4/c1-5-25(36-4,26(28,29)30)21(34)12-10-16-9-11-20(27)19(13-16)23-31-22(32-24(35)33-23)18-8-6-7-17(14-18)15(2)3;/h6-9,11,13-15H,5,10,12H2,1-4H3,(H,31,32,33,35);1H4. The van der Waals surface area contributed by atoms with Crippen LogP contribution >= 0.6 is 11.6 Å². The first-order valence-electron chi connectivity index (χ1n) is 11.4. The van der Waals surface area contributed by atoms with E-state index < -0.39 is 36.1 Å². The van der Waals surface area contributed by atoms with Crippen molar-refractivity contribution < 1.29 is 22.7 Å². The van der Waals surface area contributed by atoms with Crippen LogP contribution in [0.5, 0.6) is 0 Å². The van der Waals surface area contributed by atoms with Crippen molar-refractivity contribution in [2.24, 2.45) is 0 Å². The third-order valence-corrected chi connectivity index (χ3v) is 6.47. The Morgan fingerprint density at radius 3 is 2.43 bits per heavy atom. The van der Waals surface area contributed by atoms with E-state index in [0.717, 1.165) is 12.7 Å². The van der Waals surface area contributed by atoms with Crippen molar-refractivity contribution >= 4 is 17.4 Å². The Morgan fingerprint density at radius 1 is 1.14 bits per heavy atom. The summed E-state index contributed by atoms with van der Waals surface area (Å²) in [6.45, 7) is 5.35. The van der Waals surface area contributed by atoms with Crippen LogP contribution in [-0.4, -0.2) is 39.6 Å². The number of H-pyrrole nitrogens is 1. The number of aryl methyl sites for hydroxylation is 1. The molecule has 3 rings (SSSR count). The molecule has 0 radical (unpaired) electrons. The van der Waals surface area contributed by atoms with E-state index in [4.69, 9.17) is 11.6 Å². The van der Waals surface area contributed by atoms with Gasteiger partial charge in [0, 0.05) is 24.7 Å². The lowest BCUT2D eigenvalue weighted by molar-refractivity contribution is -0.259. The van der Waals surface area contributed by atoms with Crippen LogP contribution in [0, 0.1) is 0 Å². The lowest BCUT2D eigenvalue weighted by atomic mass is 9.90. The van der Waals surface area contributed by atoms with Gasteiger partial charge in [0.15, 0.2) is 11.6 Å². The molecule has 0 aliphatic rings. The van der Waals surface area contributed by atoms with Gasteiger partial charge >= 0.3 is 11.9 Å². The minimum Gasteiger partial charge on any atom is -0.362 e. The van der Waals surface area contributed by atoms with Crippen LogP contribution < -0.4 is 5.69 Å². The van der Waals surface area contributed by atoms with Crippen molar-refractivity contribution in [3.63, 3.8) is 0 Å². The Balaban J connectivity index is 0.00000481. The number of hydrogen-bond donors (Lipinski definition) is 1. The number of aromatic amines is 1. The van der Waals surface area contributed by atoms with E-state index >= 15 is 0 Å². The fourth-order valence-electron chi connectivity index (χ4n) is 3.98. The zero-order valence-corrected chi connectivity index (χ0v) is 21.1. The molecule has 0 spiro atoms. The minimum absolute atomic E-state index is 0. The van der Waals surface area contributed by atoms with Crippen LogP contribution in [0.25, 0.3) is 22.8 Å². The second kappa shape index (κ2) is 12.0. The van der Waals surface area contributed by atoms with E-state index in [9.17, 15) is 22.8 Å². The number of Topliss-reactive ketones (excluding diaryl/α,β-unsaturated/α-hetero) is 1. The van der Waals surface area contributed by atoms with Crippen LogP contribution in [0.3, 0.4) is 0 Å². The highest BCUT2D eigenvalue weighted by Gasteiger charge is 2.58. The molecule has 0 aliphatic carbocycles. The fraction of sp³-hybridized carbons (Fsp3) is 0.407. The van der Waals surface area contributed by atoms with E-state index in [2.05, 4.69) is 19.7 Å². The van der Waals surface area contributed by atoms with Crippen molar-refractivity contribution in [1.29, 1.82) is 0 Å². The molecule has 1 heterocycles. The van der Waals surface area contributed by atoms with E-state index in [1.807, 2.05) is 32.0 Å². The number of benzene rings is 2. The predicted molar refractivity (Wildman–Crippen MR) is 139 cm³/mol. The number of carbonyl (C=O) groups excluding carboxylic acids is 1. The third kappa shape index (κ3) is 6.45. The molecule has 2 aromatic carbocycles. The van der Waals surface area contributed by atoms with Crippen molar-refractivity contribution in [2.45, 2.75) is 65.2 Å². The Bertz CT molecular complexity index is 1300. The molecule has 0 saturated heterocycles. The Labute approximate surface area is 219 Å². The van der Waals surface area contributed by atoms with Gasteiger partial charge in [-0.1, -0.05) is 64.1 Å². The smallest absolute Gasteiger partial charge is 0.362 e. The summed E-state index contributed by atoms with van der Waals surface area (Å²) in [5.41, 5.74) is -0.838. The number of nitrogens with one attached hydrogen (secondary N) is 1. The highest BCUT2D eigenvalue weighted by Crippen LogP contribution is 2.38. The molecule has 1 atom stereocenters. The molecular formula is C27H31ClF3N3O3. The number of methoxy groups -OCH3 is 1. The van der Waals surface area contributed by atoms with Gasteiger partial charge in [0.1, 0.15) is 5.82 Å². The van der Waals surface area contributed by atoms with Gasteiger partial charge in [-0.25, -0.2) is 9.78 Å². The molecule has 6 nitrogen and oxygen atoms in total. The second-order valence-corrected chi connectivity index (χ2v) is 9.13. The van der Waals surface area contributed by atoms with Crippen molar-refractivity contribution in [3.05, 3.63) is 69.1 Å². The molecule has 0 saturated carbocycles. The lowest BCUT2D eigenvalue weighted by Gasteiger charge is -2.31. The van der Waals surface area contributed by atoms with Gasteiger partial charge in [0.25, 0.3) is 0 Å². The van der Waals surface area contributed by atoms with Gasteiger partial charge in [-0.3, -0.25) is 9.78 Å². The lowest BCUT2D eigenvalue weighted by Crippen LogP contribution is -2.53. The quantitative estimate of drug-likeness (QED) is 0.325. The van der Waals surface area contributed by atoms with Gasteiger partial charge in [-0.2, -0.15) is 18.2 Å². The normalized spacial score (nSPS) is 13.2. The van der Waals surface area contributed by atoms with Crippen LogP contribution in [0.15, 0.2) is 47.3 Å². The minimum atomic E-state index is -4.83. The van der Waals surface area contributed by atoms with E-state index in [0.29, 0.717) is 16.7 Å². The summed E-state index contributed by atoms with van der Waals surface area (Å²) in [6, 6.07) is 12.3. The van der Waals surface area contributed by atoms with Gasteiger partial charge in [-0.05, 0) is 48.1 Å². The van der Waals surface area contributed by atoms with E-state index in [-0.39, 0.29) is 36.4 Å². The Kier molecular flexibility index (Phi) is 9.79. The molecule has 0 amide bonds. The fourth-order valence-corrected chi connectivity index (χ4v) is 4.18. The molecular weight excluding hydrogens is 507 g/mol. The first-order chi connectivity index (χ1) is 16.9. The highest BCUT2D eigenvalue weighted by molar-refractivity contribution is 6.33. The summed E-state index contributed by atoms with van der Waals surface area (Å²) in [7, 11) is 0.884. The average Bonchev–Trinajstić information content (AvgIpc) is 2.83. The summed E-state index contributed by atoms with van der Waals surface area (Å²) in [4.78, 5) is 35.9. The summed E-state index contributed by atoms with van der Waals surface area (Å²) in [5, 5.41) is 0.274. The largest absolute Gasteiger partial charge is 0.424 e. The Morgan fingerprint density at radius 2 is 1.84 bits per heavy atom. The number of hydrogen-bond acceptors (Lipinski definition) is 5. The molecule has 1 N–H and O–H groups in total. The maximum absolute atomic E-state index is 13.6. The summed E-state index contributed by atoms with van der Waals surface area (Å²) < 4.78 is 45.3. The number of aromatic nitrogens is 3. The molecule has 1 aromatic heterocycles. The van der Waals surface area contributed by atoms with Crippen LogP contribution in [0.2, 0.25) is 5.02 Å². The van der Waals surface area contributed by atoms with Gasteiger partial charge < -0.3 is 4.74 Å². The van der Waals surface area contributed by atoms with Crippen molar-refractivity contribution in [3.8, 4) is 22.8 Å². The molecule has 3 aromatic rings. The summed E-state index contributed by atoms with van der Waals surface area (Å²) in [6.07, 6.45) is -5.73. The molecule has 10 heteroatoms. The van der Waals surface area contributed by atoms with Crippen molar-refractivity contribution in [2.75, 3.05) is 7.11 Å². The van der Waals surface area contributed by atoms with Crippen LogP contribution in [-0.2, 0) is 16.0 Å². The van der Waals surface area contributed by atoms with Gasteiger partial charge in [0.05, 0.1) is 5.02 Å². The molecule has 1 unspecified atom stereocenters. The third-order valence-electron chi connectivity index (χ3n) is 6.14. The molecule has 200 valence electrons. The number of carbonyl (C=O) groups is 1. The Hall–Kier alpha value is -3.04. The van der Waals surface area contributed by atoms with Gasteiger partial charge in [0.2, 0.25) is 5.60 Å². The van der Waals surface area contributed by atoms with Crippen LogP contribution in [0.1, 0.15) is 58.1 Å². The molecule has 0 bridgehead atoms. The number of alkyl halides is 3. The van der Waals surface area contributed by atoms with Gasteiger partial charge in [-0.15, -0.1) is 0 Å². The first-order valence-corrected chi connectivity index (χ1v) is 11.8. The molecule has 37 heavy (non-hydrogen) atoms. The number of halogens is 4. The SMILES string of the molecule is C.CCC(OC)(C(=O)CCc1ccc(Cl)c(-c2nc(-c3cccc(C(C)C)c3)nc(=O)[nH]2)c1)C(F)(F)F. The zero-order chi connectivity index (χ0) is 26.7.